The Morgan fingerprint density at radius 3 is 2.44 bits per heavy atom. The molecule has 134 valence electrons. The van der Waals surface area contributed by atoms with Crippen LogP contribution in [-0.2, 0) is 0 Å². The van der Waals surface area contributed by atoms with Crippen LogP contribution in [0.5, 0.6) is 0 Å². The van der Waals surface area contributed by atoms with Gasteiger partial charge < -0.3 is 4.57 Å². The molecule has 0 radical (unpaired) electrons. The first-order valence-electron chi connectivity index (χ1n) is 8.23. The van der Waals surface area contributed by atoms with E-state index in [9.17, 15) is 19.8 Å². The average Bonchev–Trinajstić information content (AvgIpc) is 2.93. The summed E-state index contributed by atoms with van der Waals surface area (Å²) in [6.45, 7) is 3.73. The van der Waals surface area contributed by atoms with Crippen LogP contribution in [-0.4, -0.2) is 9.49 Å². The zero-order valence-electron chi connectivity index (χ0n) is 14.8. The van der Waals surface area contributed by atoms with Crippen LogP contribution in [0.25, 0.3) is 17.3 Å². The van der Waals surface area contributed by atoms with Gasteiger partial charge in [-0.25, -0.2) is 4.39 Å². The number of allylic oxidation sites excluding steroid dienone is 1. The summed E-state index contributed by atoms with van der Waals surface area (Å²) in [7, 11) is 0. The molecule has 27 heavy (non-hydrogen) atoms. The first-order valence-corrected chi connectivity index (χ1v) is 8.23. The molecule has 1 heterocycles. The summed E-state index contributed by atoms with van der Waals surface area (Å²) in [5.74, 6) is -0.328. The number of non-ortho nitro benzene ring substituents is 1. The minimum Gasteiger partial charge on any atom is -0.315 e. The molecular formula is C21H16FN3O2. The molecule has 0 saturated heterocycles. The summed E-state index contributed by atoms with van der Waals surface area (Å²) in [5.41, 5.74) is 3.79. The van der Waals surface area contributed by atoms with Crippen LogP contribution in [0.4, 0.5) is 10.1 Å². The van der Waals surface area contributed by atoms with Crippen molar-refractivity contribution < 1.29 is 9.31 Å². The maximum Gasteiger partial charge on any atom is 0.269 e. The molecule has 3 aromatic rings. The molecule has 3 rings (SSSR count). The van der Waals surface area contributed by atoms with Gasteiger partial charge in [-0.3, -0.25) is 10.1 Å². The quantitative estimate of drug-likeness (QED) is 0.364. The van der Waals surface area contributed by atoms with Gasteiger partial charge in [-0.1, -0.05) is 12.1 Å². The monoisotopic (exact) mass is 361 g/mol. The molecule has 0 fully saturated rings. The second-order valence-electron chi connectivity index (χ2n) is 6.09. The number of benzene rings is 2. The number of aryl methyl sites for hydroxylation is 1. The lowest BCUT2D eigenvalue weighted by atomic mass is 10.0. The lowest BCUT2D eigenvalue weighted by Gasteiger charge is -2.10. The van der Waals surface area contributed by atoms with Crippen LogP contribution < -0.4 is 0 Å². The zero-order chi connectivity index (χ0) is 19.6. The van der Waals surface area contributed by atoms with Gasteiger partial charge >= 0.3 is 0 Å². The zero-order valence-corrected chi connectivity index (χ0v) is 14.8. The SMILES string of the molecule is Cc1cc(/C=C(/C#N)c2ccc([N+](=O)[O-])cc2)c(C)n1-c1ccccc1F. The van der Waals surface area contributed by atoms with Crippen LogP contribution >= 0.6 is 0 Å². The van der Waals surface area contributed by atoms with Gasteiger partial charge in [-0.05, 0) is 61.4 Å². The van der Waals surface area contributed by atoms with Crippen LogP contribution in [0, 0.1) is 41.1 Å². The standard InChI is InChI=1S/C21H16FN3O2/c1-14-11-17(15(2)24(14)21-6-4-3-5-20(21)22)12-18(13-23)16-7-9-19(10-8-16)25(26)27/h3-12H,1-2H3/b18-12-. The first kappa shape index (κ1) is 18.1. The van der Waals surface area contributed by atoms with Gasteiger partial charge in [0.2, 0.25) is 0 Å². The number of aromatic nitrogens is 1. The van der Waals surface area contributed by atoms with E-state index in [1.54, 1.807) is 41.0 Å². The van der Waals surface area contributed by atoms with Crippen molar-refractivity contribution in [1.29, 1.82) is 5.26 Å². The molecule has 0 saturated carbocycles. The molecule has 0 N–H and O–H groups in total. The topological polar surface area (TPSA) is 71.9 Å². The number of para-hydroxylation sites is 1. The van der Waals surface area contributed by atoms with E-state index in [1.165, 1.54) is 18.2 Å². The van der Waals surface area contributed by atoms with Crippen molar-refractivity contribution in [2.75, 3.05) is 0 Å². The summed E-state index contributed by atoms with van der Waals surface area (Å²) in [4.78, 5) is 10.3. The highest BCUT2D eigenvalue weighted by Crippen LogP contribution is 2.27. The first-order chi connectivity index (χ1) is 12.9. The van der Waals surface area contributed by atoms with E-state index in [-0.39, 0.29) is 11.5 Å². The minimum absolute atomic E-state index is 0.0335. The number of hydrogen-bond acceptors (Lipinski definition) is 3. The van der Waals surface area contributed by atoms with E-state index in [0.717, 1.165) is 17.0 Å². The third-order valence-corrected chi connectivity index (χ3v) is 4.37. The molecule has 0 spiro atoms. The maximum atomic E-state index is 14.2. The summed E-state index contributed by atoms with van der Waals surface area (Å²) in [6.07, 6.45) is 1.71. The fourth-order valence-electron chi connectivity index (χ4n) is 3.04. The fourth-order valence-corrected chi connectivity index (χ4v) is 3.04. The highest BCUT2D eigenvalue weighted by atomic mass is 19.1. The predicted molar refractivity (Wildman–Crippen MR) is 102 cm³/mol. The Hall–Kier alpha value is -3.72. The van der Waals surface area contributed by atoms with E-state index in [2.05, 4.69) is 6.07 Å². The Labute approximate surface area is 155 Å². The van der Waals surface area contributed by atoms with Gasteiger partial charge in [0.25, 0.3) is 5.69 Å². The van der Waals surface area contributed by atoms with E-state index in [4.69, 9.17) is 0 Å². The van der Waals surface area contributed by atoms with Gasteiger partial charge in [0, 0.05) is 23.5 Å². The smallest absolute Gasteiger partial charge is 0.269 e. The van der Waals surface area contributed by atoms with E-state index in [0.29, 0.717) is 16.8 Å². The maximum absolute atomic E-state index is 14.2. The normalized spacial score (nSPS) is 11.3. The van der Waals surface area contributed by atoms with E-state index >= 15 is 0 Å². The van der Waals surface area contributed by atoms with E-state index in [1.807, 2.05) is 19.9 Å². The summed E-state index contributed by atoms with van der Waals surface area (Å²) >= 11 is 0. The Kier molecular flexibility index (Phi) is 4.86. The largest absolute Gasteiger partial charge is 0.315 e. The number of rotatable bonds is 4. The molecule has 5 nitrogen and oxygen atoms in total. The molecule has 0 aliphatic carbocycles. The van der Waals surface area contributed by atoms with Crippen LogP contribution in [0.1, 0.15) is 22.5 Å². The van der Waals surface area contributed by atoms with Gasteiger partial charge in [-0.15, -0.1) is 0 Å². The van der Waals surface area contributed by atoms with E-state index < -0.39 is 4.92 Å². The third-order valence-electron chi connectivity index (χ3n) is 4.37. The minimum atomic E-state index is -0.485. The Morgan fingerprint density at radius 2 is 1.85 bits per heavy atom. The van der Waals surface area contributed by atoms with Crippen LogP contribution in [0.2, 0.25) is 0 Å². The van der Waals surface area contributed by atoms with Gasteiger partial charge in [0.1, 0.15) is 5.82 Å². The van der Waals surface area contributed by atoms with Crippen molar-refractivity contribution in [3.05, 3.63) is 93.0 Å². The highest BCUT2D eigenvalue weighted by molar-refractivity contribution is 5.90. The van der Waals surface area contributed by atoms with Gasteiger partial charge in [-0.2, -0.15) is 5.26 Å². The second kappa shape index (κ2) is 7.26. The second-order valence-corrected chi connectivity index (χ2v) is 6.09. The number of nitro groups is 1. The van der Waals surface area contributed by atoms with Crippen molar-refractivity contribution in [3.8, 4) is 11.8 Å². The predicted octanol–water partition coefficient (Wildman–Crippen LogP) is 5.21. The molecule has 0 bridgehead atoms. The van der Waals surface area contributed by atoms with Crippen molar-refractivity contribution in [2.45, 2.75) is 13.8 Å². The van der Waals surface area contributed by atoms with Crippen molar-refractivity contribution in [1.82, 2.24) is 4.57 Å². The molecule has 0 unspecified atom stereocenters. The molecular weight excluding hydrogens is 345 g/mol. The molecule has 2 aromatic carbocycles. The highest BCUT2D eigenvalue weighted by Gasteiger charge is 2.14. The molecule has 1 aromatic heterocycles. The Bertz CT molecular complexity index is 1090. The molecule has 6 heteroatoms. The fraction of sp³-hybridized carbons (Fsp3) is 0.0952. The number of nitriles is 1. The third kappa shape index (κ3) is 3.48. The molecule has 0 atom stereocenters. The van der Waals surface area contributed by atoms with Gasteiger partial charge in [0.05, 0.1) is 22.3 Å². The Balaban J connectivity index is 2.06. The number of nitrogens with zero attached hydrogens (tertiary/aromatic N) is 3. The molecule has 0 aliphatic heterocycles. The number of halogens is 1. The van der Waals surface area contributed by atoms with Crippen molar-refractivity contribution >= 4 is 17.3 Å². The number of nitro benzene ring substituents is 1. The molecule has 0 amide bonds. The summed E-state index contributed by atoms with van der Waals surface area (Å²) < 4.78 is 16.0. The van der Waals surface area contributed by atoms with Crippen LogP contribution in [0.3, 0.4) is 0 Å². The van der Waals surface area contributed by atoms with Crippen molar-refractivity contribution in [2.24, 2.45) is 0 Å². The lowest BCUT2D eigenvalue weighted by molar-refractivity contribution is -0.384. The average molecular weight is 361 g/mol. The Morgan fingerprint density at radius 1 is 1.19 bits per heavy atom. The van der Waals surface area contributed by atoms with Gasteiger partial charge in [0.15, 0.2) is 0 Å². The summed E-state index contributed by atoms with van der Waals surface area (Å²) in [5, 5.41) is 20.3. The van der Waals surface area contributed by atoms with Crippen molar-refractivity contribution in [3.63, 3.8) is 0 Å². The summed E-state index contributed by atoms with van der Waals surface area (Å²) in [6, 6.07) is 16.3. The number of hydrogen-bond donors (Lipinski definition) is 0. The molecule has 0 aliphatic rings. The lowest BCUT2D eigenvalue weighted by Crippen LogP contribution is -2.01. The van der Waals surface area contributed by atoms with Crippen LogP contribution in [0.15, 0.2) is 54.6 Å².